The van der Waals surface area contributed by atoms with E-state index in [9.17, 15) is 4.79 Å². The summed E-state index contributed by atoms with van der Waals surface area (Å²) in [7, 11) is 0. The summed E-state index contributed by atoms with van der Waals surface area (Å²) in [6.07, 6.45) is 2.99. The molecule has 17 heavy (non-hydrogen) atoms. The average molecular weight is 242 g/mol. The molecule has 1 saturated heterocycles. The van der Waals surface area contributed by atoms with E-state index in [0.29, 0.717) is 25.6 Å². The van der Waals surface area contributed by atoms with Crippen molar-refractivity contribution in [2.45, 2.75) is 33.1 Å². The SMILES string of the molecule is CCOCCC(=O)N(CC)CC1CCCNC1. The molecule has 1 heterocycles. The first-order valence-corrected chi connectivity index (χ1v) is 6.84. The Hall–Kier alpha value is -0.610. The van der Waals surface area contributed by atoms with Crippen LogP contribution in [0.25, 0.3) is 0 Å². The first-order valence-electron chi connectivity index (χ1n) is 6.84. The van der Waals surface area contributed by atoms with Crippen molar-refractivity contribution in [3.63, 3.8) is 0 Å². The van der Waals surface area contributed by atoms with E-state index in [4.69, 9.17) is 4.74 Å². The van der Waals surface area contributed by atoms with Crippen LogP contribution in [0, 0.1) is 5.92 Å². The molecule has 4 nitrogen and oxygen atoms in total. The summed E-state index contributed by atoms with van der Waals surface area (Å²) in [5.74, 6) is 0.853. The number of rotatable bonds is 7. The molecule has 0 aliphatic carbocycles. The lowest BCUT2D eigenvalue weighted by atomic mass is 9.99. The van der Waals surface area contributed by atoms with Gasteiger partial charge in [0.1, 0.15) is 0 Å². The summed E-state index contributed by atoms with van der Waals surface area (Å²) in [6, 6.07) is 0. The molecule has 1 amide bonds. The van der Waals surface area contributed by atoms with Crippen molar-refractivity contribution in [2.75, 3.05) is 39.4 Å². The van der Waals surface area contributed by atoms with Gasteiger partial charge in [-0.2, -0.15) is 0 Å². The van der Waals surface area contributed by atoms with E-state index >= 15 is 0 Å². The van der Waals surface area contributed by atoms with Crippen LogP contribution < -0.4 is 5.32 Å². The number of piperidine rings is 1. The molecule has 0 aromatic carbocycles. The van der Waals surface area contributed by atoms with Gasteiger partial charge in [0, 0.05) is 19.7 Å². The van der Waals surface area contributed by atoms with E-state index in [1.54, 1.807) is 0 Å². The first-order chi connectivity index (χ1) is 8.27. The fourth-order valence-electron chi connectivity index (χ4n) is 2.26. The Balaban J connectivity index is 2.27. The van der Waals surface area contributed by atoms with Crippen molar-refractivity contribution >= 4 is 5.91 Å². The molecule has 100 valence electrons. The standard InChI is InChI=1S/C13H26N2O2/c1-3-15(13(16)7-9-17-4-2)11-12-6-5-8-14-10-12/h12,14H,3-11H2,1-2H3. The Morgan fingerprint density at radius 1 is 1.47 bits per heavy atom. The highest BCUT2D eigenvalue weighted by atomic mass is 16.5. The minimum atomic E-state index is 0.228. The van der Waals surface area contributed by atoms with Crippen molar-refractivity contribution in [2.24, 2.45) is 5.92 Å². The van der Waals surface area contributed by atoms with Gasteiger partial charge >= 0.3 is 0 Å². The lowest BCUT2D eigenvalue weighted by Gasteiger charge is -2.29. The molecule has 1 aliphatic heterocycles. The number of hydrogen-bond acceptors (Lipinski definition) is 3. The number of carbonyl (C=O) groups excluding carboxylic acids is 1. The van der Waals surface area contributed by atoms with Crippen LogP contribution in [0.1, 0.15) is 33.1 Å². The molecular formula is C13H26N2O2. The second-order valence-corrected chi connectivity index (χ2v) is 4.59. The topological polar surface area (TPSA) is 41.6 Å². The Morgan fingerprint density at radius 3 is 2.88 bits per heavy atom. The molecule has 0 aromatic rings. The zero-order chi connectivity index (χ0) is 12.5. The number of nitrogens with zero attached hydrogens (tertiary/aromatic N) is 1. The highest BCUT2D eigenvalue weighted by Gasteiger charge is 2.19. The van der Waals surface area contributed by atoms with Gasteiger partial charge in [0.2, 0.25) is 5.91 Å². The molecule has 4 heteroatoms. The van der Waals surface area contributed by atoms with Crippen LogP contribution in [-0.2, 0) is 9.53 Å². The second-order valence-electron chi connectivity index (χ2n) is 4.59. The molecule has 1 atom stereocenters. The maximum absolute atomic E-state index is 11.9. The third kappa shape index (κ3) is 5.50. The quantitative estimate of drug-likeness (QED) is 0.683. The highest BCUT2D eigenvalue weighted by Crippen LogP contribution is 2.12. The van der Waals surface area contributed by atoms with Crippen LogP contribution in [0.4, 0.5) is 0 Å². The molecule has 1 unspecified atom stereocenters. The van der Waals surface area contributed by atoms with E-state index in [1.165, 1.54) is 12.8 Å². The lowest BCUT2D eigenvalue weighted by molar-refractivity contribution is -0.132. The zero-order valence-corrected chi connectivity index (χ0v) is 11.2. The van der Waals surface area contributed by atoms with Gasteiger partial charge in [-0.15, -0.1) is 0 Å². The molecule has 0 aromatic heterocycles. The smallest absolute Gasteiger partial charge is 0.224 e. The maximum atomic E-state index is 11.9. The number of nitrogens with one attached hydrogen (secondary N) is 1. The lowest BCUT2D eigenvalue weighted by Crippen LogP contribution is -2.41. The third-order valence-electron chi connectivity index (χ3n) is 3.28. The van der Waals surface area contributed by atoms with Crippen molar-refractivity contribution in [3.8, 4) is 0 Å². The first kappa shape index (κ1) is 14.5. The van der Waals surface area contributed by atoms with Gasteiger partial charge in [0.05, 0.1) is 13.0 Å². The molecule has 0 saturated carbocycles. The van der Waals surface area contributed by atoms with Crippen LogP contribution in [0.2, 0.25) is 0 Å². The Kier molecular flexibility index (Phi) is 7.21. The number of carbonyl (C=O) groups is 1. The summed E-state index contributed by atoms with van der Waals surface area (Å²) < 4.78 is 5.23. The minimum absolute atomic E-state index is 0.228. The van der Waals surface area contributed by atoms with Gasteiger partial charge in [0.25, 0.3) is 0 Å². The Morgan fingerprint density at radius 2 is 2.29 bits per heavy atom. The van der Waals surface area contributed by atoms with Gasteiger partial charge in [-0.1, -0.05) is 0 Å². The van der Waals surface area contributed by atoms with Gasteiger partial charge in [0.15, 0.2) is 0 Å². The van der Waals surface area contributed by atoms with E-state index in [1.807, 2.05) is 11.8 Å². The molecule has 1 fully saturated rings. The Labute approximate surface area is 105 Å². The molecule has 0 bridgehead atoms. The predicted molar refractivity (Wildman–Crippen MR) is 69.0 cm³/mol. The molecule has 1 aliphatic rings. The number of amides is 1. The van der Waals surface area contributed by atoms with Gasteiger partial charge < -0.3 is 15.0 Å². The fraction of sp³-hybridized carbons (Fsp3) is 0.923. The second kappa shape index (κ2) is 8.48. The van der Waals surface area contributed by atoms with Crippen LogP contribution >= 0.6 is 0 Å². The largest absolute Gasteiger partial charge is 0.381 e. The third-order valence-corrected chi connectivity index (χ3v) is 3.28. The van der Waals surface area contributed by atoms with Crippen molar-refractivity contribution in [1.29, 1.82) is 0 Å². The molecule has 1 N–H and O–H groups in total. The van der Waals surface area contributed by atoms with E-state index in [2.05, 4.69) is 12.2 Å². The fourth-order valence-corrected chi connectivity index (χ4v) is 2.26. The molecule has 0 radical (unpaired) electrons. The van der Waals surface area contributed by atoms with E-state index < -0.39 is 0 Å². The summed E-state index contributed by atoms with van der Waals surface area (Å²) in [5, 5.41) is 3.39. The van der Waals surface area contributed by atoms with Gasteiger partial charge in [-0.05, 0) is 45.7 Å². The maximum Gasteiger partial charge on any atom is 0.224 e. The summed E-state index contributed by atoms with van der Waals surface area (Å²) in [6.45, 7) is 9.12. The molecule has 0 spiro atoms. The van der Waals surface area contributed by atoms with Crippen LogP contribution in [0.3, 0.4) is 0 Å². The van der Waals surface area contributed by atoms with Gasteiger partial charge in [-0.3, -0.25) is 4.79 Å². The van der Waals surface area contributed by atoms with E-state index in [-0.39, 0.29) is 5.91 Å². The Bertz CT molecular complexity index is 215. The molecular weight excluding hydrogens is 216 g/mol. The van der Waals surface area contributed by atoms with Crippen LogP contribution in [-0.4, -0.2) is 50.2 Å². The summed E-state index contributed by atoms with van der Waals surface area (Å²) >= 11 is 0. The van der Waals surface area contributed by atoms with Gasteiger partial charge in [-0.25, -0.2) is 0 Å². The summed E-state index contributed by atoms with van der Waals surface area (Å²) in [4.78, 5) is 13.9. The highest BCUT2D eigenvalue weighted by molar-refractivity contribution is 5.76. The predicted octanol–water partition coefficient (Wildman–Crippen LogP) is 1.26. The van der Waals surface area contributed by atoms with Crippen molar-refractivity contribution in [3.05, 3.63) is 0 Å². The summed E-state index contributed by atoms with van der Waals surface area (Å²) in [5.41, 5.74) is 0. The van der Waals surface area contributed by atoms with Crippen molar-refractivity contribution < 1.29 is 9.53 Å². The minimum Gasteiger partial charge on any atom is -0.381 e. The van der Waals surface area contributed by atoms with E-state index in [0.717, 1.165) is 26.2 Å². The van der Waals surface area contributed by atoms with Crippen molar-refractivity contribution in [1.82, 2.24) is 10.2 Å². The average Bonchev–Trinajstić information content (AvgIpc) is 2.37. The number of ether oxygens (including phenoxy) is 1. The monoisotopic (exact) mass is 242 g/mol. The van der Waals surface area contributed by atoms with Crippen LogP contribution in [0.15, 0.2) is 0 Å². The zero-order valence-electron chi connectivity index (χ0n) is 11.2. The number of hydrogen-bond donors (Lipinski definition) is 1. The van der Waals surface area contributed by atoms with Crippen LogP contribution in [0.5, 0.6) is 0 Å². The normalized spacial score (nSPS) is 20.2. The molecule has 1 rings (SSSR count).